The molecule has 0 spiro atoms. The highest BCUT2D eigenvalue weighted by Crippen LogP contribution is 2.57. The van der Waals surface area contributed by atoms with E-state index in [1.54, 1.807) is 0 Å². The van der Waals surface area contributed by atoms with Crippen molar-refractivity contribution in [1.82, 2.24) is 0 Å². The molecule has 0 fully saturated rings. The van der Waals surface area contributed by atoms with Crippen molar-refractivity contribution in [3.63, 3.8) is 0 Å². The van der Waals surface area contributed by atoms with Crippen LogP contribution in [0.2, 0.25) is 0 Å². The molecular weight excluding hydrogens is 855 g/mol. The van der Waals surface area contributed by atoms with Gasteiger partial charge in [-0.25, -0.2) is 0 Å². The van der Waals surface area contributed by atoms with E-state index in [9.17, 15) is 0 Å². The number of fused-ring (bicyclic) bond motifs is 6. The maximum atomic E-state index is 2.46. The van der Waals surface area contributed by atoms with E-state index in [2.05, 4.69) is 291 Å². The van der Waals surface area contributed by atoms with Crippen LogP contribution in [0.4, 0.5) is 17.1 Å². The molecule has 12 aromatic rings. The van der Waals surface area contributed by atoms with Crippen molar-refractivity contribution in [2.75, 3.05) is 4.90 Å². The first-order valence-electron chi connectivity index (χ1n) is 24.7. The molecule has 71 heavy (non-hydrogen) atoms. The van der Waals surface area contributed by atoms with Crippen LogP contribution in [0.5, 0.6) is 0 Å². The fourth-order valence-electron chi connectivity index (χ4n) is 11.5. The fourth-order valence-corrected chi connectivity index (χ4v) is 11.5. The largest absolute Gasteiger partial charge is 0.310 e. The molecule has 0 bridgehead atoms. The number of anilines is 3. The average Bonchev–Trinajstić information content (AvgIpc) is 3.73. The van der Waals surface area contributed by atoms with Crippen LogP contribution in [0.1, 0.15) is 23.6 Å². The van der Waals surface area contributed by atoms with E-state index in [4.69, 9.17) is 0 Å². The summed E-state index contributed by atoms with van der Waals surface area (Å²) in [6.07, 6.45) is 0. The monoisotopic (exact) mass is 903 g/mol. The van der Waals surface area contributed by atoms with E-state index in [1.807, 2.05) is 0 Å². The second kappa shape index (κ2) is 17.5. The smallest absolute Gasteiger partial charge is 0.0543 e. The Morgan fingerprint density at radius 1 is 0.268 bits per heavy atom. The summed E-state index contributed by atoms with van der Waals surface area (Å²) in [4.78, 5) is 2.46. The Labute approximate surface area is 416 Å². The molecule has 1 aliphatic carbocycles. The zero-order valence-electron chi connectivity index (χ0n) is 39.5. The van der Waals surface area contributed by atoms with Gasteiger partial charge in [-0.2, -0.15) is 0 Å². The van der Waals surface area contributed by atoms with Crippen molar-refractivity contribution in [3.05, 3.63) is 296 Å². The normalized spacial score (nSPS) is 13.8. The first-order chi connectivity index (χ1) is 35.1. The minimum atomic E-state index is -0.325. The molecule has 0 radical (unpaired) electrons. The first-order valence-corrected chi connectivity index (χ1v) is 24.7. The highest BCUT2D eigenvalue weighted by molar-refractivity contribution is 6.22. The van der Waals surface area contributed by atoms with Crippen molar-refractivity contribution >= 4 is 38.6 Å². The van der Waals surface area contributed by atoms with Crippen molar-refractivity contribution < 1.29 is 0 Å². The fraction of sp³-hybridized carbons (Fsp3) is 0.0286. The molecule has 1 unspecified atom stereocenters. The van der Waals surface area contributed by atoms with E-state index in [-0.39, 0.29) is 5.41 Å². The third-order valence-electron chi connectivity index (χ3n) is 15.0. The van der Waals surface area contributed by atoms with Crippen LogP contribution in [0, 0.1) is 0 Å². The predicted molar refractivity (Wildman–Crippen MR) is 301 cm³/mol. The molecule has 0 heterocycles. The number of hydrogen-bond acceptors (Lipinski definition) is 1. The molecule has 0 saturated heterocycles. The van der Waals surface area contributed by atoms with Gasteiger partial charge in [-0.1, -0.05) is 243 Å². The van der Waals surface area contributed by atoms with Gasteiger partial charge in [0.05, 0.1) is 5.69 Å². The van der Waals surface area contributed by atoms with Gasteiger partial charge in [-0.05, 0) is 143 Å². The summed E-state index contributed by atoms with van der Waals surface area (Å²) in [5, 5.41) is 5.01. The number of benzene rings is 12. The number of hydrogen-bond donors (Lipinski definition) is 0. The summed E-state index contributed by atoms with van der Waals surface area (Å²) < 4.78 is 0. The molecule has 334 valence electrons. The van der Waals surface area contributed by atoms with E-state index in [0.29, 0.717) is 0 Å². The summed E-state index contributed by atoms with van der Waals surface area (Å²) in [6.45, 7) is 2.39. The second-order valence-corrected chi connectivity index (χ2v) is 18.9. The Bertz CT molecular complexity index is 3880. The zero-order valence-corrected chi connectivity index (χ0v) is 39.5. The molecule has 1 aliphatic rings. The molecule has 0 N–H and O–H groups in total. The third kappa shape index (κ3) is 7.17. The zero-order chi connectivity index (χ0) is 47.3. The van der Waals surface area contributed by atoms with Crippen molar-refractivity contribution in [2.24, 2.45) is 0 Å². The molecule has 12 aromatic carbocycles. The third-order valence-corrected chi connectivity index (χ3v) is 15.0. The van der Waals surface area contributed by atoms with Gasteiger partial charge < -0.3 is 4.90 Å². The first kappa shape index (κ1) is 42.1. The van der Waals surface area contributed by atoms with Gasteiger partial charge >= 0.3 is 0 Å². The van der Waals surface area contributed by atoms with E-state index < -0.39 is 0 Å². The lowest BCUT2D eigenvalue weighted by molar-refractivity contribution is 0.714. The average molecular weight is 904 g/mol. The van der Waals surface area contributed by atoms with E-state index in [0.717, 1.165) is 17.1 Å². The Hall–Kier alpha value is -9.04. The Morgan fingerprint density at radius 3 is 1.27 bits per heavy atom. The van der Waals surface area contributed by atoms with Gasteiger partial charge in [0, 0.05) is 22.4 Å². The molecule has 0 aromatic heterocycles. The van der Waals surface area contributed by atoms with Crippen LogP contribution in [0.15, 0.2) is 279 Å². The van der Waals surface area contributed by atoms with E-state index >= 15 is 0 Å². The number of rotatable bonds is 9. The Balaban J connectivity index is 0.959. The quantitative estimate of drug-likeness (QED) is 0.130. The second-order valence-electron chi connectivity index (χ2n) is 18.9. The van der Waals surface area contributed by atoms with Gasteiger partial charge in [0.15, 0.2) is 0 Å². The maximum Gasteiger partial charge on any atom is 0.0543 e. The molecular formula is C70H49N. The molecule has 1 heteroatoms. The van der Waals surface area contributed by atoms with Gasteiger partial charge in [-0.3, -0.25) is 0 Å². The van der Waals surface area contributed by atoms with Crippen LogP contribution in [-0.4, -0.2) is 0 Å². The van der Waals surface area contributed by atoms with Crippen LogP contribution in [0.3, 0.4) is 0 Å². The molecule has 13 rings (SSSR count). The van der Waals surface area contributed by atoms with Crippen molar-refractivity contribution in [1.29, 1.82) is 0 Å². The SMILES string of the molecule is CC1(c2ccccc2)c2ccccc2-c2c(N(c3ccc(-c4ccc(-c5ccccc5)cc4)cc3)c3ccc(-c4ccc5c(c4)c(-c4ccccc4)c(-c4ccccc4)c4ccccc45)cc3)cccc21. The van der Waals surface area contributed by atoms with Crippen LogP contribution in [0.25, 0.3) is 88.3 Å². The van der Waals surface area contributed by atoms with Crippen molar-refractivity contribution in [3.8, 4) is 66.8 Å². The van der Waals surface area contributed by atoms with E-state index in [1.165, 1.54) is 105 Å². The Kier molecular flexibility index (Phi) is 10.4. The highest BCUT2D eigenvalue weighted by Gasteiger charge is 2.42. The molecule has 1 nitrogen and oxygen atoms in total. The highest BCUT2D eigenvalue weighted by atomic mass is 15.1. The maximum absolute atomic E-state index is 2.46. The van der Waals surface area contributed by atoms with Gasteiger partial charge in [0.2, 0.25) is 0 Å². The van der Waals surface area contributed by atoms with Gasteiger partial charge in [-0.15, -0.1) is 0 Å². The van der Waals surface area contributed by atoms with Crippen LogP contribution >= 0.6 is 0 Å². The summed E-state index contributed by atoms with van der Waals surface area (Å²) >= 11 is 0. The molecule has 1 atom stereocenters. The lowest BCUT2D eigenvalue weighted by Crippen LogP contribution is -2.22. The van der Waals surface area contributed by atoms with Crippen LogP contribution in [-0.2, 0) is 5.41 Å². The molecule has 0 saturated carbocycles. The lowest BCUT2D eigenvalue weighted by atomic mass is 9.74. The predicted octanol–water partition coefficient (Wildman–Crippen LogP) is 19.1. The summed E-state index contributed by atoms with van der Waals surface area (Å²) in [5.41, 5.74) is 21.6. The van der Waals surface area contributed by atoms with Crippen LogP contribution < -0.4 is 4.90 Å². The topological polar surface area (TPSA) is 3.24 Å². The standard InChI is InChI=1S/C70H49N/c1-70(56-25-12-5-13-26-56)64-30-17-16-29-62(64)69-65(70)31-18-32-66(69)71(57-42-37-51(38-43-57)50-35-33-49(34-36-50)48-19-6-2-7-20-48)58-44-39-52(40-45-58)55-41-46-60-59-27-14-15-28-61(59)67(53-21-8-3-9-22-53)68(63(60)47-55)54-23-10-4-11-24-54/h2-47H,1H3. The summed E-state index contributed by atoms with van der Waals surface area (Å²) in [5.74, 6) is 0. The van der Waals surface area contributed by atoms with Crippen molar-refractivity contribution in [2.45, 2.75) is 12.3 Å². The molecule has 0 aliphatic heterocycles. The summed E-state index contributed by atoms with van der Waals surface area (Å²) in [6, 6.07) is 102. The minimum Gasteiger partial charge on any atom is -0.310 e. The van der Waals surface area contributed by atoms with Gasteiger partial charge in [0.1, 0.15) is 0 Å². The Morgan fingerprint density at radius 2 is 0.676 bits per heavy atom. The summed E-state index contributed by atoms with van der Waals surface area (Å²) in [7, 11) is 0. The lowest BCUT2D eigenvalue weighted by Gasteiger charge is -2.30. The number of nitrogens with zero attached hydrogens (tertiary/aromatic N) is 1. The minimum absolute atomic E-state index is 0.325. The molecule has 0 amide bonds. The van der Waals surface area contributed by atoms with Gasteiger partial charge in [0.25, 0.3) is 0 Å².